The first-order chi connectivity index (χ1) is 9.27. The van der Waals surface area contributed by atoms with Crippen molar-refractivity contribution in [2.75, 3.05) is 13.2 Å². The van der Waals surface area contributed by atoms with Crippen molar-refractivity contribution in [3.8, 4) is 0 Å². The van der Waals surface area contributed by atoms with Crippen molar-refractivity contribution in [1.29, 1.82) is 0 Å². The molecule has 1 aromatic rings. The monoisotopic (exact) mass is 329 g/mol. The lowest BCUT2D eigenvalue weighted by atomic mass is 9.99. The van der Waals surface area contributed by atoms with Crippen LogP contribution in [0, 0.1) is 0 Å². The first-order valence-corrected chi connectivity index (χ1v) is 8.13. The Morgan fingerprint density at radius 1 is 1.53 bits per heavy atom. The number of ether oxygens (including phenoxy) is 1. The van der Waals surface area contributed by atoms with Crippen LogP contribution in [-0.4, -0.2) is 29.0 Å². The molecule has 1 aliphatic heterocycles. The van der Waals surface area contributed by atoms with Crippen molar-refractivity contribution in [2.45, 2.75) is 58.2 Å². The molecule has 0 radical (unpaired) electrons. The second kappa shape index (κ2) is 7.41. The van der Waals surface area contributed by atoms with Crippen LogP contribution in [-0.2, 0) is 11.3 Å². The van der Waals surface area contributed by atoms with E-state index in [0.29, 0.717) is 0 Å². The van der Waals surface area contributed by atoms with Gasteiger partial charge in [0.15, 0.2) is 0 Å². The molecule has 1 fully saturated rings. The van der Waals surface area contributed by atoms with E-state index in [2.05, 4.69) is 44.9 Å². The minimum absolute atomic E-state index is 0.233. The zero-order valence-corrected chi connectivity index (χ0v) is 13.4. The quantitative estimate of drug-likeness (QED) is 0.870. The Kier molecular flexibility index (Phi) is 5.85. The molecule has 0 spiro atoms. The van der Waals surface area contributed by atoms with Crippen LogP contribution in [0.25, 0.3) is 0 Å². The molecule has 108 valence electrons. The summed E-state index contributed by atoms with van der Waals surface area (Å²) in [7, 11) is 0. The van der Waals surface area contributed by atoms with Gasteiger partial charge in [0, 0.05) is 13.2 Å². The topological polar surface area (TPSA) is 39.1 Å². The van der Waals surface area contributed by atoms with E-state index in [1.807, 2.05) is 6.20 Å². The molecule has 2 heterocycles. The van der Waals surface area contributed by atoms with E-state index < -0.39 is 0 Å². The summed E-state index contributed by atoms with van der Waals surface area (Å²) in [5, 5.41) is 8.07. The molecule has 4 nitrogen and oxygen atoms in total. The molecular formula is C14H24BrN3O. The van der Waals surface area contributed by atoms with Gasteiger partial charge >= 0.3 is 0 Å². The highest BCUT2D eigenvalue weighted by Gasteiger charge is 2.29. The third kappa shape index (κ3) is 3.58. The molecule has 1 aliphatic rings. The third-order valence-corrected chi connectivity index (χ3v) is 4.24. The van der Waals surface area contributed by atoms with Gasteiger partial charge < -0.3 is 10.1 Å². The van der Waals surface area contributed by atoms with Crippen LogP contribution in [0.3, 0.4) is 0 Å². The molecule has 0 aromatic carbocycles. The van der Waals surface area contributed by atoms with Crippen molar-refractivity contribution in [2.24, 2.45) is 0 Å². The number of halogens is 1. The smallest absolute Gasteiger partial charge is 0.0785 e. The minimum Gasteiger partial charge on any atom is -0.376 e. The first kappa shape index (κ1) is 15.0. The average molecular weight is 330 g/mol. The molecular weight excluding hydrogens is 306 g/mol. The normalized spacial score (nSPS) is 21.5. The lowest BCUT2D eigenvalue weighted by Gasteiger charge is -2.32. The third-order valence-electron chi connectivity index (χ3n) is 3.63. The maximum absolute atomic E-state index is 5.99. The highest BCUT2D eigenvalue weighted by atomic mass is 79.9. The fourth-order valence-corrected chi connectivity index (χ4v) is 3.21. The number of aryl methyl sites for hydroxylation is 1. The van der Waals surface area contributed by atoms with E-state index in [1.54, 1.807) is 0 Å². The summed E-state index contributed by atoms with van der Waals surface area (Å²) in [6.45, 7) is 7.09. The predicted molar refractivity (Wildman–Crippen MR) is 80.2 cm³/mol. The Labute approximate surface area is 124 Å². The van der Waals surface area contributed by atoms with Crippen molar-refractivity contribution >= 4 is 15.9 Å². The summed E-state index contributed by atoms with van der Waals surface area (Å²) >= 11 is 3.64. The molecule has 2 rings (SSSR count). The van der Waals surface area contributed by atoms with E-state index in [9.17, 15) is 0 Å². The molecule has 0 saturated carbocycles. The van der Waals surface area contributed by atoms with Crippen LogP contribution in [0.2, 0.25) is 0 Å². The van der Waals surface area contributed by atoms with Crippen LogP contribution >= 0.6 is 15.9 Å². The van der Waals surface area contributed by atoms with Gasteiger partial charge in [0.1, 0.15) is 0 Å². The Hall–Kier alpha value is -0.390. The molecule has 0 amide bonds. The highest BCUT2D eigenvalue weighted by molar-refractivity contribution is 9.10. The average Bonchev–Trinajstić information content (AvgIpc) is 2.82. The Morgan fingerprint density at radius 2 is 2.37 bits per heavy atom. The van der Waals surface area contributed by atoms with Gasteiger partial charge in [-0.1, -0.05) is 6.92 Å². The van der Waals surface area contributed by atoms with Gasteiger partial charge in [-0.15, -0.1) is 0 Å². The van der Waals surface area contributed by atoms with Crippen molar-refractivity contribution in [1.82, 2.24) is 15.1 Å². The van der Waals surface area contributed by atoms with Crippen LogP contribution in [0.1, 0.15) is 51.3 Å². The molecule has 5 heteroatoms. The SMILES string of the molecule is CCCNC(c1c(Br)cnn1CC)C1CCCCO1. The maximum atomic E-state index is 5.99. The summed E-state index contributed by atoms with van der Waals surface area (Å²) < 4.78 is 9.14. The van der Waals surface area contributed by atoms with Gasteiger partial charge in [-0.25, -0.2) is 0 Å². The molecule has 1 aromatic heterocycles. The minimum atomic E-state index is 0.233. The Morgan fingerprint density at radius 3 is 3.00 bits per heavy atom. The van der Waals surface area contributed by atoms with Gasteiger partial charge in [-0.05, 0) is 55.1 Å². The predicted octanol–water partition coefficient (Wildman–Crippen LogP) is 3.28. The Balaban J connectivity index is 2.22. The van der Waals surface area contributed by atoms with Crippen LogP contribution < -0.4 is 5.32 Å². The van der Waals surface area contributed by atoms with Crippen LogP contribution in [0.4, 0.5) is 0 Å². The standard InChI is InChI=1S/C14H24BrN3O/c1-3-8-16-13(12-7-5-6-9-19-12)14-11(15)10-17-18(14)4-2/h10,12-13,16H,3-9H2,1-2H3. The fraction of sp³-hybridized carbons (Fsp3) is 0.786. The lowest BCUT2D eigenvalue weighted by Crippen LogP contribution is -2.38. The number of hydrogen-bond donors (Lipinski definition) is 1. The summed E-state index contributed by atoms with van der Waals surface area (Å²) in [6.07, 6.45) is 6.85. The largest absolute Gasteiger partial charge is 0.376 e. The van der Waals surface area contributed by atoms with E-state index in [1.165, 1.54) is 18.5 Å². The first-order valence-electron chi connectivity index (χ1n) is 7.34. The molecule has 1 N–H and O–H groups in total. The van der Waals surface area contributed by atoms with Gasteiger partial charge in [0.25, 0.3) is 0 Å². The number of nitrogens with zero attached hydrogens (tertiary/aromatic N) is 2. The fourth-order valence-electron chi connectivity index (χ4n) is 2.67. The summed E-state index contributed by atoms with van der Waals surface area (Å²) in [6, 6.07) is 0.233. The number of rotatable bonds is 6. The van der Waals surface area contributed by atoms with E-state index in [0.717, 1.165) is 37.0 Å². The van der Waals surface area contributed by atoms with Crippen molar-refractivity contribution in [3.05, 3.63) is 16.4 Å². The molecule has 19 heavy (non-hydrogen) atoms. The number of nitrogens with one attached hydrogen (secondary N) is 1. The second-order valence-electron chi connectivity index (χ2n) is 5.03. The highest BCUT2D eigenvalue weighted by Crippen LogP contribution is 2.31. The van der Waals surface area contributed by atoms with Crippen LogP contribution in [0.5, 0.6) is 0 Å². The van der Waals surface area contributed by atoms with Crippen molar-refractivity contribution in [3.63, 3.8) is 0 Å². The van der Waals surface area contributed by atoms with Gasteiger partial charge in [-0.2, -0.15) is 5.10 Å². The van der Waals surface area contributed by atoms with Crippen LogP contribution in [0.15, 0.2) is 10.7 Å². The van der Waals surface area contributed by atoms with E-state index in [4.69, 9.17) is 4.74 Å². The molecule has 0 aliphatic carbocycles. The molecule has 0 bridgehead atoms. The summed E-state index contributed by atoms with van der Waals surface area (Å²) in [5.41, 5.74) is 1.22. The van der Waals surface area contributed by atoms with Crippen molar-refractivity contribution < 1.29 is 4.74 Å². The van der Waals surface area contributed by atoms with Gasteiger partial charge in [0.05, 0.1) is 28.5 Å². The summed E-state index contributed by atoms with van der Waals surface area (Å²) in [5.74, 6) is 0. The van der Waals surface area contributed by atoms with E-state index >= 15 is 0 Å². The van der Waals surface area contributed by atoms with Gasteiger partial charge in [0.2, 0.25) is 0 Å². The second-order valence-corrected chi connectivity index (χ2v) is 5.88. The number of hydrogen-bond acceptors (Lipinski definition) is 3. The summed E-state index contributed by atoms with van der Waals surface area (Å²) in [4.78, 5) is 0. The van der Waals surface area contributed by atoms with Gasteiger partial charge in [-0.3, -0.25) is 4.68 Å². The molecule has 1 saturated heterocycles. The number of aromatic nitrogens is 2. The lowest BCUT2D eigenvalue weighted by molar-refractivity contribution is -0.0101. The molecule has 2 atom stereocenters. The zero-order chi connectivity index (χ0) is 13.7. The molecule has 2 unspecified atom stereocenters. The zero-order valence-electron chi connectivity index (χ0n) is 11.9. The Bertz CT molecular complexity index is 388. The van der Waals surface area contributed by atoms with E-state index in [-0.39, 0.29) is 12.1 Å². The maximum Gasteiger partial charge on any atom is 0.0785 e.